The third kappa shape index (κ3) is 3.11. The van der Waals surface area contributed by atoms with Crippen LogP contribution in [0.25, 0.3) is 22.4 Å². The molecular weight excluding hydrogens is 362 g/mol. The number of carbonyl (C=O) groups is 1. The summed E-state index contributed by atoms with van der Waals surface area (Å²) in [5.74, 6) is 2.99. The summed E-state index contributed by atoms with van der Waals surface area (Å²) in [7, 11) is 0. The molecule has 0 radical (unpaired) electrons. The number of hydrogen-bond donors (Lipinski definition) is 2. The highest BCUT2D eigenvalue weighted by atomic mass is 16.1. The Bertz CT molecular complexity index is 1080. The van der Waals surface area contributed by atoms with Crippen molar-refractivity contribution in [1.82, 2.24) is 19.9 Å². The molecule has 2 bridgehead atoms. The van der Waals surface area contributed by atoms with Crippen LogP contribution in [0.1, 0.15) is 43.7 Å². The fourth-order valence-corrected chi connectivity index (χ4v) is 5.41. The van der Waals surface area contributed by atoms with Crippen LogP contribution in [-0.4, -0.2) is 31.8 Å². The molecule has 3 aromatic heterocycles. The number of ketones is 1. The highest BCUT2D eigenvalue weighted by Crippen LogP contribution is 2.46. The molecule has 0 aliphatic heterocycles. The summed E-state index contributed by atoms with van der Waals surface area (Å²) in [6, 6.07) is 2.28. The molecule has 0 saturated heterocycles. The molecule has 0 spiro atoms. The SMILES string of the molecule is CC(=O)[C@H]1C2CCC(CC2)C1Nc1nc(-c2c[nH]c3ncc(C)cc23)ncc1C. The van der Waals surface area contributed by atoms with Gasteiger partial charge in [0, 0.05) is 47.1 Å². The van der Waals surface area contributed by atoms with Gasteiger partial charge in [0.15, 0.2) is 5.82 Å². The molecule has 3 aliphatic carbocycles. The number of fused-ring (bicyclic) bond motifs is 4. The zero-order chi connectivity index (χ0) is 20.1. The van der Waals surface area contributed by atoms with Gasteiger partial charge in [-0.05, 0) is 69.9 Å². The van der Waals surface area contributed by atoms with E-state index in [0.29, 0.717) is 23.4 Å². The van der Waals surface area contributed by atoms with Crippen LogP contribution in [0.4, 0.5) is 5.82 Å². The molecule has 3 heterocycles. The maximum absolute atomic E-state index is 12.4. The topological polar surface area (TPSA) is 83.6 Å². The van der Waals surface area contributed by atoms with Crippen molar-refractivity contribution >= 4 is 22.6 Å². The third-order valence-electron chi connectivity index (χ3n) is 6.87. The van der Waals surface area contributed by atoms with Crippen molar-refractivity contribution in [2.24, 2.45) is 17.8 Å². The van der Waals surface area contributed by atoms with E-state index in [2.05, 4.69) is 26.3 Å². The van der Waals surface area contributed by atoms with Crippen LogP contribution in [0, 0.1) is 31.6 Å². The van der Waals surface area contributed by atoms with E-state index in [1.54, 1.807) is 6.92 Å². The van der Waals surface area contributed by atoms with Crippen LogP contribution in [0.3, 0.4) is 0 Å². The van der Waals surface area contributed by atoms with E-state index in [-0.39, 0.29) is 12.0 Å². The van der Waals surface area contributed by atoms with Crippen LogP contribution < -0.4 is 5.32 Å². The zero-order valence-electron chi connectivity index (χ0n) is 17.2. The molecule has 29 heavy (non-hydrogen) atoms. The maximum atomic E-state index is 12.4. The van der Waals surface area contributed by atoms with Gasteiger partial charge in [0.1, 0.15) is 17.2 Å². The lowest BCUT2D eigenvalue weighted by molar-refractivity contribution is -0.126. The van der Waals surface area contributed by atoms with Gasteiger partial charge in [-0.15, -0.1) is 0 Å². The Morgan fingerprint density at radius 3 is 2.62 bits per heavy atom. The highest BCUT2D eigenvalue weighted by molar-refractivity contribution is 5.92. The van der Waals surface area contributed by atoms with E-state index < -0.39 is 0 Å². The number of carbonyl (C=O) groups excluding carboxylic acids is 1. The molecule has 6 rings (SSSR count). The van der Waals surface area contributed by atoms with Crippen molar-refractivity contribution in [3.63, 3.8) is 0 Å². The van der Waals surface area contributed by atoms with Gasteiger partial charge in [0.2, 0.25) is 0 Å². The minimum Gasteiger partial charge on any atom is -0.366 e. The van der Waals surface area contributed by atoms with Crippen LogP contribution in [-0.2, 0) is 4.79 Å². The standard InChI is InChI=1S/C23H27N5O/c1-12-8-17-18(11-26-22(17)24-9-12)23-25-10-13(2)21(28-23)27-20-16-6-4-15(5-7-16)19(20)14(3)29/h8-11,15-16,19-20H,4-7H2,1-3H3,(H,24,26)(H,25,27,28)/t15?,16?,19-,20?/m0/s1. The van der Waals surface area contributed by atoms with Gasteiger partial charge in [-0.3, -0.25) is 4.79 Å². The van der Waals surface area contributed by atoms with Gasteiger partial charge < -0.3 is 10.3 Å². The average molecular weight is 390 g/mol. The molecule has 3 aromatic rings. The lowest BCUT2D eigenvalue weighted by Crippen LogP contribution is -2.51. The minimum atomic E-state index is 0.0975. The van der Waals surface area contributed by atoms with Crippen molar-refractivity contribution in [2.75, 3.05) is 5.32 Å². The number of pyridine rings is 1. The molecule has 0 aromatic carbocycles. The summed E-state index contributed by atoms with van der Waals surface area (Å²) >= 11 is 0. The molecule has 6 nitrogen and oxygen atoms in total. The van der Waals surface area contributed by atoms with Gasteiger partial charge >= 0.3 is 0 Å². The predicted octanol–water partition coefficient (Wildman–Crippen LogP) is 4.44. The van der Waals surface area contributed by atoms with Gasteiger partial charge in [-0.2, -0.15) is 0 Å². The van der Waals surface area contributed by atoms with Gasteiger partial charge in [-0.25, -0.2) is 15.0 Å². The minimum absolute atomic E-state index is 0.0975. The fraction of sp³-hybridized carbons (Fsp3) is 0.478. The van der Waals surface area contributed by atoms with Crippen molar-refractivity contribution in [1.29, 1.82) is 0 Å². The Morgan fingerprint density at radius 2 is 1.86 bits per heavy atom. The highest BCUT2D eigenvalue weighted by Gasteiger charge is 2.45. The van der Waals surface area contributed by atoms with Crippen molar-refractivity contribution in [3.05, 3.63) is 35.8 Å². The number of H-pyrrole nitrogens is 1. The number of Topliss-reactive ketones (excluding diaryl/α,β-unsaturated/α-hetero) is 1. The number of nitrogens with zero attached hydrogens (tertiary/aromatic N) is 3. The van der Waals surface area contributed by atoms with Crippen molar-refractivity contribution < 1.29 is 4.79 Å². The van der Waals surface area contributed by atoms with E-state index in [0.717, 1.165) is 33.5 Å². The lowest BCUT2D eigenvalue weighted by Gasteiger charge is -2.48. The number of hydrogen-bond acceptors (Lipinski definition) is 5. The maximum Gasteiger partial charge on any atom is 0.163 e. The van der Waals surface area contributed by atoms with Crippen LogP contribution in [0.15, 0.2) is 24.7 Å². The van der Waals surface area contributed by atoms with E-state index >= 15 is 0 Å². The largest absolute Gasteiger partial charge is 0.366 e. The monoisotopic (exact) mass is 389 g/mol. The molecule has 1 unspecified atom stereocenters. The number of aromatic nitrogens is 4. The molecule has 150 valence electrons. The van der Waals surface area contributed by atoms with E-state index in [4.69, 9.17) is 4.98 Å². The van der Waals surface area contributed by atoms with E-state index in [9.17, 15) is 4.79 Å². The Kier molecular flexibility index (Phi) is 4.37. The number of rotatable bonds is 4. The summed E-state index contributed by atoms with van der Waals surface area (Å²) in [5, 5.41) is 4.70. The zero-order valence-corrected chi connectivity index (χ0v) is 17.2. The van der Waals surface area contributed by atoms with E-state index in [1.807, 2.05) is 32.4 Å². The van der Waals surface area contributed by atoms with Crippen LogP contribution >= 0.6 is 0 Å². The smallest absolute Gasteiger partial charge is 0.163 e. The van der Waals surface area contributed by atoms with Gasteiger partial charge in [-0.1, -0.05) is 0 Å². The lowest BCUT2D eigenvalue weighted by atomic mass is 9.60. The second kappa shape index (κ2) is 6.94. The molecular formula is C23H27N5O. The first-order chi connectivity index (χ1) is 14.0. The summed E-state index contributed by atoms with van der Waals surface area (Å²) in [6.07, 6.45) is 10.4. The number of anilines is 1. The average Bonchev–Trinajstić information content (AvgIpc) is 3.13. The Morgan fingerprint density at radius 1 is 1.10 bits per heavy atom. The van der Waals surface area contributed by atoms with Crippen molar-refractivity contribution in [2.45, 2.75) is 52.5 Å². The number of nitrogens with one attached hydrogen (secondary N) is 2. The van der Waals surface area contributed by atoms with Crippen LogP contribution in [0.5, 0.6) is 0 Å². The Balaban J connectivity index is 1.51. The first kappa shape index (κ1) is 18.3. The second-order valence-electron chi connectivity index (χ2n) is 8.82. The number of aromatic amines is 1. The fourth-order valence-electron chi connectivity index (χ4n) is 5.41. The summed E-state index contributed by atoms with van der Waals surface area (Å²) in [4.78, 5) is 29.6. The first-order valence-corrected chi connectivity index (χ1v) is 10.6. The molecule has 2 atom stereocenters. The molecule has 0 amide bonds. The predicted molar refractivity (Wildman–Crippen MR) is 114 cm³/mol. The summed E-state index contributed by atoms with van der Waals surface area (Å²) < 4.78 is 0. The molecule has 3 saturated carbocycles. The molecule has 6 heteroatoms. The Hall–Kier alpha value is -2.76. The molecule has 3 aliphatic rings. The first-order valence-electron chi connectivity index (χ1n) is 10.6. The summed E-state index contributed by atoms with van der Waals surface area (Å²) in [6.45, 7) is 5.81. The number of aryl methyl sites for hydroxylation is 2. The molecule has 2 N–H and O–H groups in total. The van der Waals surface area contributed by atoms with Crippen LogP contribution in [0.2, 0.25) is 0 Å². The Labute approximate surface area is 170 Å². The third-order valence-corrected chi connectivity index (χ3v) is 6.87. The summed E-state index contributed by atoms with van der Waals surface area (Å²) in [5.41, 5.74) is 3.90. The van der Waals surface area contributed by atoms with Gasteiger partial charge in [0.25, 0.3) is 0 Å². The quantitative estimate of drug-likeness (QED) is 0.689. The van der Waals surface area contributed by atoms with Crippen molar-refractivity contribution in [3.8, 4) is 11.4 Å². The second-order valence-corrected chi connectivity index (χ2v) is 8.82. The normalized spacial score (nSPS) is 26.0. The molecule has 3 fully saturated rings. The van der Waals surface area contributed by atoms with E-state index in [1.165, 1.54) is 25.7 Å². The van der Waals surface area contributed by atoms with Gasteiger partial charge in [0.05, 0.1) is 0 Å².